The summed E-state index contributed by atoms with van der Waals surface area (Å²) in [5.41, 5.74) is 1.16. The van der Waals surface area contributed by atoms with Gasteiger partial charge < -0.3 is 23.5 Å². The molecule has 126 valence electrons. The molecular formula is C17H24NO5+. The fraction of sp³-hybridized carbons (Fsp3) is 0.471. The van der Waals surface area contributed by atoms with Gasteiger partial charge in [0.1, 0.15) is 31.0 Å². The number of fused-ring (bicyclic) bond motifs is 1. The highest BCUT2D eigenvalue weighted by atomic mass is 16.5. The molecule has 0 saturated heterocycles. The fourth-order valence-electron chi connectivity index (χ4n) is 2.55. The second-order valence-electron chi connectivity index (χ2n) is 5.37. The zero-order chi connectivity index (χ0) is 16.7. The number of benzene rings is 1. The smallest absolute Gasteiger partial charge is 0.336 e. The number of nitrogens with one attached hydrogen (secondary N) is 1. The molecule has 0 atom stereocenters. The Labute approximate surface area is 135 Å². The summed E-state index contributed by atoms with van der Waals surface area (Å²) in [4.78, 5) is 13.1. The van der Waals surface area contributed by atoms with E-state index in [9.17, 15) is 4.79 Å². The second kappa shape index (κ2) is 8.67. The Morgan fingerprint density at radius 1 is 1.04 bits per heavy atom. The van der Waals surface area contributed by atoms with Crippen molar-refractivity contribution in [3.05, 3.63) is 40.2 Å². The molecule has 1 N–H and O–H groups in total. The van der Waals surface area contributed by atoms with Gasteiger partial charge in [-0.3, -0.25) is 0 Å². The maximum Gasteiger partial charge on any atom is 0.336 e. The van der Waals surface area contributed by atoms with Crippen LogP contribution in [0.4, 0.5) is 0 Å². The van der Waals surface area contributed by atoms with Crippen LogP contribution in [0.25, 0.3) is 11.0 Å². The van der Waals surface area contributed by atoms with Gasteiger partial charge in [-0.15, -0.1) is 0 Å². The fourth-order valence-corrected chi connectivity index (χ4v) is 2.55. The number of methoxy groups -OCH3 is 3. The molecule has 0 aliphatic rings. The van der Waals surface area contributed by atoms with Crippen LogP contribution in [0.2, 0.25) is 0 Å². The predicted molar refractivity (Wildman–Crippen MR) is 87.2 cm³/mol. The molecule has 6 heteroatoms. The molecule has 1 heterocycles. The third-order valence-electron chi connectivity index (χ3n) is 3.80. The molecule has 0 fully saturated rings. The summed E-state index contributed by atoms with van der Waals surface area (Å²) in [5, 5.41) is 0.928. The molecule has 0 aliphatic carbocycles. The van der Waals surface area contributed by atoms with Crippen molar-refractivity contribution >= 4 is 11.0 Å². The van der Waals surface area contributed by atoms with E-state index in [1.54, 1.807) is 33.5 Å². The van der Waals surface area contributed by atoms with E-state index in [-0.39, 0.29) is 5.63 Å². The molecule has 23 heavy (non-hydrogen) atoms. The van der Waals surface area contributed by atoms with E-state index in [0.29, 0.717) is 31.1 Å². The Kier molecular flexibility index (Phi) is 6.58. The highest BCUT2D eigenvalue weighted by molar-refractivity contribution is 5.81. The predicted octanol–water partition coefficient (Wildman–Crippen LogP) is 0.479. The molecule has 1 aromatic heterocycles. The van der Waals surface area contributed by atoms with Gasteiger partial charge in [0.05, 0.1) is 20.3 Å². The molecule has 0 amide bonds. The molecular weight excluding hydrogens is 298 g/mol. The van der Waals surface area contributed by atoms with Gasteiger partial charge in [0.15, 0.2) is 0 Å². The lowest BCUT2D eigenvalue weighted by molar-refractivity contribution is -0.914. The van der Waals surface area contributed by atoms with Gasteiger partial charge in [-0.05, 0) is 12.1 Å². The highest BCUT2D eigenvalue weighted by Crippen LogP contribution is 2.22. The molecule has 0 radical (unpaired) electrons. The lowest BCUT2D eigenvalue weighted by Crippen LogP contribution is -3.11. The van der Waals surface area contributed by atoms with E-state index < -0.39 is 0 Å². The van der Waals surface area contributed by atoms with Crippen molar-refractivity contribution in [2.24, 2.45) is 0 Å². The summed E-state index contributed by atoms with van der Waals surface area (Å²) in [6.07, 6.45) is 0. The van der Waals surface area contributed by atoms with Crippen molar-refractivity contribution in [3.8, 4) is 5.75 Å². The Balaban J connectivity index is 2.30. The van der Waals surface area contributed by atoms with Gasteiger partial charge in [0.25, 0.3) is 0 Å². The first kappa shape index (κ1) is 17.5. The van der Waals surface area contributed by atoms with Crippen molar-refractivity contribution < 1.29 is 23.5 Å². The molecule has 0 spiro atoms. The second-order valence-corrected chi connectivity index (χ2v) is 5.37. The van der Waals surface area contributed by atoms with Crippen LogP contribution in [0.3, 0.4) is 0 Å². The Bertz CT molecular complexity index is 674. The van der Waals surface area contributed by atoms with Crippen LogP contribution in [-0.2, 0) is 16.0 Å². The molecule has 1 aromatic carbocycles. The van der Waals surface area contributed by atoms with Crippen LogP contribution in [0.1, 0.15) is 5.56 Å². The first-order chi connectivity index (χ1) is 11.2. The van der Waals surface area contributed by atoms with Crippen LogP contribution in [0, 0.1) is 0 Å². The third kappa shape index (κ3) is 4.79. The highest BCUT2D eigenvalue weighted by Gasteiger charge is 2.14. The average molecular weight is 322 g/mol. The summed E-state index contributed by atoms with van der Waals surface area (Å²) in [7, 11) is 4.96. The third-order valence-corrected chi connectivity index (χ3v) is 3.80. The lowest BCUT2D eigenvalue weighted by atomic mass is 10.1. The van der Waals surface area contributed by atoms with Gasteiger partial charge >= 0.3 is 5.63 Å². The minimum Gasteiger partial charge on any atom is -0.497 e. The zero-order valence-corrected chi connectivity index (χ0v) is 13.9. The molecule has 2 aromatic rings. The molecule has 6 nitrogen and oxygen atoms in total. The largest absolute Gasteiger partial charge is 0.497 e. The summed E-state index contributed by atoms with van der Waals surface area (Å²) in [5.74, 6) is 0.667. The van der Waals surface area contributed by atoms with Crippen LogP contribution < -0.4 is 15.3 Å². The van der Waals surface area contributed by atoms with E-state index >= 15 is 0 Å². The number of ether oxygens (including phenoxy) is 3. The quantitative estimate of drug-likeness (QED) is 0.681. The molecule has 0 bridgehead atoms. The lowest BCUT2D eigenvalue weighted by Gasteiger charge is -2.19. The van der Waals surface area contributed by atoms with E-state index in [1.165, 1.54) is 4.90 Å². The maximum atomic E-state index is 11.8. The normalized spacial score (nSPS) is 11.3. The minimum atomic E-state index is -0.349. The van der Waals surface area contributed by atoms with Gasteiger partial charge in [-0.25, -0.2) is 4.79 Å². The number of quaternary nitrogens is 1. The average Bonchev–Trinajstić information content (AvgIpc) is 2.56. The van der Waals surface area contributed by atoms with E-state index in [0.717, 1.165) is 24.0 Å². The van der Waals surface area contributed by atoms with Crippen LogP contribution in [0.15, 0.2) is 33.5 Å². The Hall–Kier alpha value is -1.89. The topological polar surface area (TPSA) is 62.3 Å². The monoisotopic (exact) mass is 322 g/mol. The van der Waals surface area contributed by atoms with E-state index in [1.807, 2.05) is 12.1 Å². The first-order valence-corrected chi connectivity index (χ1v) is 7.60. The SMILES string of the molecule is COCC[NH+](CCOC)Cc1cc(=O)oc2cc(OC)ccc12. The number of hydrogen-bond donors (Lipinski definition) is 1. The summed E-state index contributed by atoms with van der Waals surface area (Å²) in [6, 6.07) is 7.10. The Morgan fingerprint density at radius 2 is 1.74 bits per heavy atom. The summed E-state index contributed by atoms with van der Waals surface area (Å²) < 4.78 is 20.8. The zero-order valence-electron chi connectivity index (χ0n) is 13.9. The van der Waals surface area contributed by atoms with Crippen molar-refractivity contribution in [3.63, 3.8) is 0 Å². The molecule has 0 aliphatic heterocycles. The Morgan fingerprint density at radius 3 is 2.35 bits per heavy atom. The summed E-state index contributed by atoms with van der Waals surface area (Å²) in [6.45, 7) is 3.72. The standard InChI is InChI=1S/C17H23NO5/c1-20-8-6-18(7-9-21-2)12-13-10-17(19)23-16-11-14(22-3)4-5-15(13)16/h4-5,10-11H,6-9,12H2,1-3H3/p+1. The van der Waals surface area contributed by atoms with Crippen molar-refractivity contribution in [1.29, 1.82) is 0 Å². The van der Waals surface area contributed by atoms with E-state index in [2.05, 4.69) is 0 Å². The first-order valence-electron chi connectivity index (χ1n) is 7.60. The summed E-state index contributed by atoms with van der Waals surface area (Å²) >= 11 is 0. The van der Waals surface area contributed by atoms with Gasteiger partial charge in [-0.1, -0.05) is 0 Å². The van der Waals surface area contributed by atoms with Gasteiger partial charge in [0.2, 0.25) is 0 Å². The van der Waals surface area contributed by atoms with Crippen molar-refractivity contribution in [2.75, 3.05) is 47.6 Å². The minimum absolute atomic E-state index is 0.349. The molecule has 0 unspecified atom stereocenters. The van der Waals surface area contributed by atoms with Gasteiger partial charge in [-0.2, -0.15) is 0 Å². The van der Waals surface area contributed by atoms with Crippen LogP contribution in [0.5, 0.6) is 5.75 Å². The molecule has 0 saturated carbocycles. The van der Waals surface area contributed by atoms with Crippen molar-refractivity contribution in [2.45, 2.75) is 6.54 Å². The van der Waals surface area contributed by atoms with Crippen LogP contribution >= 0.6 is 0 Å². The van der Waals surface area contributed by atoms with E-state index in [4.69, 9.17) is 18.6 Å². The van der Waals surface area contributed by atoms with Crippen LogP contribution in [-0.4, -0.2) is 47.6 Å². The van der Waals surface area contributed by atoms with Crippen molar-refractivity contribution in [1.82, 2.24) is 0 Å². The number of rotatable bonds is 9. The molecule has 2 rings (SSSR count). The number of hydrogen-bond acceptors (Lipinski definition) is 5. The van der Waals surface area contributed by atoms with Gasteiger partial charge in [0, 0.05) is 37.3 Å². The maximum absolute atomic E-state index is 11.8.